The first-order chi connectivity index (χ1) is 14.4. The minimum absolute atomic E-state index is 0.0259. The highest BCUT2D eigenvalue weighted by Gasteiger charge is 2.19. The van der Waals surface area contributed by atoms with E-state index < -0.39 is 28.5 Å². The first-order valence-electron chi connectivity index (χ1n) is 9.15. The minimum Gasteiger partial charge on any atom is -0.389 e. The summed E-state index contributed by atoms with van der Waals surface area (Å²) < 4.78 is 27.3. The molecule has 8 heteroatoms. The molecule has 0 unspecified atom stereocenters. The smallest absolute Gasteiger partial charge is 0.241 e. The van der Waals surface area contributed by atoms with Crippen LogP contribution in [0.5, 0.6) is 0 Å². The molecule has 0 saturated carbocycles. The molecular formula is C22H21N3O3S2. The molecular weight excluding hydrogens is 418 g/mol. The zero-order valence-electron chi connectivity index (χ0n) is 16.0. The van der Waals surface area contributed by atoms with Crippen molar-refractivity contribution in [1.29, 1.82) is 0 Å². The molecule has 30 heavy (non-hydrogen) atoms. The van der Waals surface area contributed by atoms with Gasteiger partial charge in [0, 0.05) is 5.56 Å². The van der Waals surface area contributed by atoms with Gasteiger partial charge in [0.2, 0.25) is 15.9 Å². The molecule has 0 aliphatic heterocycles. The van der Waals surface area contributed by atoms with E-state index >= 15 is 0 Å². The standard InChI is InChI=1S/C22H21N3O3S2/c23-22(29)18-11-13-19(14-12-18)30(27,28)24-15-20(26)25-21(16-7-3-1-4-8-16)17-9-5-2-6-10-17/h1-14,21,24H,15H2,(H2,23,29)(H,25,26). The highest BCUT2D eigenvalue weighted by Crippen LogP contribution is 2.21. The largest absolute Gasteiger partial charge is 0.389 e. The quantitative estimate of drug-likeness (QED) is 0.468. The number of rotatable bonds is 8. The monoisotopic (exact) mass is 439 g/mol. The fourth-order valence-corrected chi connectivity index (χ4v) is 4.02. The van der Waals surface area contributed by atoms with Gasteiger partial charge in [0.05, 0.1) is 17.5 Å². The van der Waals surface area contributed by atoms with Crippen LogP contribution in [0.15, 0.2) is 89.8 Å². The lowest BCUT2D eigenvalue weighted by molar-refractivity contribution is -0.120. The number of thiocarbonyl (C=S) groups is 1. The average Bonchev–Trinajstić information content (AvgIpc) is 2.77. The van der Waals surface area contributed by atoms with E-state index in [1.54, 1.807) is 0 Å². The van der Waals surface area contributed by atoms with Crippen LogP contribution in [-0.2, 0) is 14.8 Å². The van der Waals surface area contributed by atoms with Crippen LogP contribution in [0.2, 0.25) is 0 Å². The summed E-state index contributed by atoms with van der Waals surface area (Å²) in [7, 11) is -3.86. The third-order valence-corrected chi connectivity index (χ3v) is 6.10. The summed E-state index contributed by atoms with van der Waals surface area (Å²) in [5.41, 5.74) is 7.89. The normalized spacial score (nSPS) is 11.2. The van der Waals surface area contributed by atoms with Crippen LogP contribution in [0, 0.1) is 0 Å². The van der Waals surface area contributed by atoms with Crippen molar-refractivity contribution < 1.29 is 13.2 Å². The number of hydrogen-bond acceptors (Lipinski definition) is 4. The molecule has 0 fully saturated rings. The second-order valence-electron chi connectivity index (χ2n) is 6.54. The number of benzene rings is 3. The Labute approximate surface area is 181 Å². The van der Waals surface area contributed by atoms with Gasteiger partial charge in [-0.25, -0.2) is 13.1 Å². The van der Waals surface area contributed by atoms with E-state index in [1.807, 2.05) is 60.7 Å². The van der Waals surface area contributed by atoms with E-state index in [4.69, 9.17) is 18.0 Å². The molecule has 3 aromatic rings. The predicted octanol–water partition coefficient (Wildman–Crippen LogP) is 2.50. The maximum atomic E-state index is 12.5. The summed E-state index contributed by atoms with van der Waals surface area (Å²) in [5.74, 6) is -0.448. The summed E-state index contributed by atoms with van der Waals surface area (Å²) in [6, 6.07) is 24.4. The predicted molar refractivity (Wildman–Crippen MR) is 120 cm³/mol. The van der Waals surface area contributed by atoms with E-state index in [0.29, 0.717) is 5.56 Å². The third kappa shape index (κ3) is 5.50. The maximum absolute atomic E-state index is 12.5. The summed E-state index contributed by atoms with van der Waals surface area (Å²) in [6.07, 6.45) is 0. The second-order valence-corrected chi connectivity index (χ2v) is 8.74. The van der Waals surface area contributed by atoms with Gasteiger partial charge in [-0.3, -0.25) is 4.79 Å². The Hall–Kier alpha value is -3.07. The number of carbonyl (C=O) groups excluding carboxylic acids is 1. The number of amides is 1. The molecule has 4 N–H and O–H groups in total. The number of sulfonamides is 1. The first-order valence-corrected chi connectivity index (χ1v) is 11.0. The summed E-state index contributed by atoms with van der Waals surface area (Å²) >= 11 is 4.86. The van der Waals surface area contributed by atoms with Crippen molar-refractivity contribution in [2.75, 3.05) is 6.54 Å². The zero-order valence-corrected chi connectivity index (χ0v) is 17.6. The molecule has 154 valence electrons. The molecule has 0 radical (unpaired) electrons. The van der Waals surface area contributed by atoms with Crippen molar-refractivity contribution in [2.24, 2.45) is 5.73 Å². The van der Waals surface area contributed by atoms with Gasteiger partial charge in [-0.15, -0.1) is 0 Å². The van der Waals surface area contributed by atoms with E-state index in [2.05, 4.69) is 10.0 Å². The summed E-state index contributed by atoms with van der Waals surface area (Å²) in [4.78, 5) is 12.8. The van der Waals surface area contributed by atoms with Gasteiger partial charge in [-0.05, 0) is 23.3 Å². The molecule has 0 atom stereocenters. The van der Waals surface area contributed by atoms with Gasteiger partial charge in [0.15, 0.2) is 0 Å². The molecule has 6 nitrogen and oxygen atoms in total. The molecule has 0 saturated heterocycles. The molecule has 1 amide bonds. The zero-order chi connectivity index (χ0) is 21.6. The lowest BCUT2D eigenvalue weighted by Crippen LogP contribution is -2.39. The Morgan fingerprint density at radius 1 is 0.867 bits per heavy atom. The number of carbonyl (C=O) groups is 1. The minimum atomic E-state index is -3.86. The molecule has 0 bridgehead atoms. The van der Waals surface area contributed by atoms with Crippen molar-refractivity contribution in [3.8, 4) is 0 Å². The molecule has 0 aliphatic carbocycles. The fourth-order valence-electron chi connectivity index (χ4n) is 2.90. The molecule has 3 rings (SSSR count). The van der Waals surface area contributed by atoms with Crippen LogP contribution in [0.25, 0.3) is 0 Å². The average molecular weight is 440 g/mol. The number of nitrogens with two attached hydrogens (primary N) is 1. The number of nitrogens with one attached hydrogen (secondary N) is 2. The van der Waals surface area contributed by atoms with Crippen LogP contribution in [0.1, 0.15) is 22.7 Å². The van der Waals surface area contributed by atoms with Crippen molar-refractivity contribution in [2.45, 2.75) is 10.9 Å². The Morgan fingerprint density at radius 2 is 1.37 bits per heavy atom. The van der Waals surface area contributed by atoms with Crippen LogP contribution in [0.3, 0.4) is 0 Å². The Bertz CT molecular complexity index is 1080. The SMILES string of the molecule is NC(=S)c1ccc(S(=O)(=O)NCC(=O)NC(c2ccccc2)c2ccccc2)cc1. The van der Waals surface area contributed by atoms with Gasteiger partial charge in [-0.2, -0.15) is 0 Å². The fraction of sp³-hybridized carbons (Fsp3) is 0.0909. The van der Waals surface area contributed by atoms with Crippen molar-refractivity contribution in [3.05, 3.63) is 102 Å². The van der Waals surface area contributed by atoms with Crippen LogP contribution >= 0.6 is 12.2 Å². The second kappa shape index (κ2) is 9.62. The lowest BCUT2D eigenvalue weighted by Gasteiger charge is -2.20. The van der Waals surface area contributed by atoms with Crippen LogP contribution < -0.4 is 15.8 Å². The first kappa shape index (κ1) is 21.6. The van der Waals surface area contributed by atoms with Crippen molar-refractivity contribution >= 4 is 33.1 Å². The molecule has 3 aromatic carbocycles. The highest BCUT2D eigenvalue weighted by molar-refractivity contribution is 7.89. The van der Waals surface area contributed by atoms with Gasteiger partial charge in [-0.1, -0.05) is 85.0 Å². The van der Waals surface area contributed by atoms with E-state index in [1.165, 1.54) is 24.3 Å². The molecule has 0 spiro atoms. The van der Waals surface area contributed by atoms with E-state index in [0.717, 1.165) is 11.1 Å². The van der Waals surface area contributed by atoms with Crippen molar-refractivity contribution in [1.82, 2.24) is 10.0 Å². The van der Waals surface area contributed by atoms with Gasteiger partial charge < -0.3 is 11.1 Å². The molecule has 0 aliphatic rings. The Morgan fingerprint density at radius 3 is 1.83 bits per heavy atom. The molecule has 0 aromatic heterocycles. The highest BCUT2D eigenvalue weighted by atomic mass is 32.2. The van der Waals surface area contributed by atoms with Gasteiger partial charge in [0.1, 0.15) is 4.99 Å². The lowest BCUT2D eigenvalue weighted by atomic mass is 9.99. The van der Waals surface area contributed by atoms with Crippen LogP contribution in [-0.4, -0.2) is 25.9 Å². The maximum Gasteiger partial charge on any atom is 0.241 e. The van der Waals surface area contributed by atoms with E-state index in [9.17, 15) is 13.2 Å². The Kier molecular flexibility index (Phi) is 6.94. The Balaban J connectivity index is 1.70. The van der Waals surface area contributed by atoms with Crippen molar-refractivity contribution in [3.63, 3.8) is 0 Å². The third-order valence-electron chi connectivity index (χ3n) is 4.44. The number of hydrogen-bond donors (Lipinski definition) is 3. The van der Waals surface area contributed by atoms with Gasteiger partial charge >= 0.3 is 0 Å². The summed E-state index contributed by atoms with van der Waals surface area (Å²) in [6.45, 7) is -0.393. The summed E-state index contributed by atoms with van der Waals surface area (Å²) in [5, 5.41) is 2.90. The molecule has 0 heterocycles. The van der Waals surface area contributed by atoms with E-state index in [-0.39, 0.29) is 9.88 Å². The van der Waals surface area contributed by atoms with Gasteiger partial charge in [0.25, 0.3) is 0 Å². The van der Waals surface area contributed by atoms with Crippen LogP contribution in [0.4, 0.5) is 0 Å². The topological polar surface area (TPSA) is 101 Å².